The predicted octanol–water partition coefficient (Wildman–Crippen LogP) is 0.820. The fourth-order valence-corrected chi connectivity index (χ4v) is 5.26. The number of anilines is 1. The Morgan fingerprint density at radius 2 is 2.28 bits per heavy atom. The second-order valence-electron chi connectivity index (χ2n) is 6.10. The highest BCUT2D eigenvalue weighted by atomic mass is 32.2. The average molecular weight is 385 g/mol. The number of amides is 1. The van der Waals surface area contributed by atoms with E-state index < -0.39 is 9.84 Å². The van der Waals surface area contributed by atoms with Gasteiger partial charge in [0.2, 0.25) is 11.8 Å². The van der Waals surface area contributed by atoms with Crippen molar-refractivity contribution in [2.24, 2.45) is 13.0 Å². The van der Waals surface area contributed by atoms with Crippen LogP contribution < -0.4 is 5.32 Å². The Morgan fingerprint density at radius 3 is 2.92 bits per heavy atom. The van der Waals surface area contributed by atoms with Crippen molar-refractivity contribution in [3.8, 4) is 0 Å². The summed E-state index contributed by atoms with van der Waals surface area (Å²) in [5.74, 6) is 1.51. The molecular weight excluding hydrogens is 366 g/mol. The van der Waals surface area contributed by atoms with Gasteiger partial charge in [0.05, 0.1) is 23.0 Å². The van der Waals surface area contributed by atoms with Crippen LogP contribution >= 0.6 is 11.8 Å². The lowest BCUT2D eigenvalue weighted by Crippen LogP contribution is -2.14. The van der Waals surface area contributed by atoms with Crippen molar-refractivity contribution in [2.75, 3.05) is 22.6 Å². The summed E-state index contributed by atoms with van der Waals surface area (Å²) < 4.78 is 29.8. The molecule has 136 valence electrons. The van der Waals surface area contributed by atoms with Gasteiger partial charge >= 0.3 is 0 Å². The number of hydrogen-bond acceptors (Lipinski definition) is 8. The molecule has 0 spiro atoms. The van der Waals surface area contributed by atoms with Crippen molar-refractivity contribution in [3.05, 3.63) is 17.6 Å². The number of carbonyl (C=O) groups excluding carboxylic acids is 1. The van der Waals surface area contributed by atoms with Crippen molar-refractivity contribution in [3.63, 3.8) is 0 Å². The van der Waals surface area contributed by atoms with Crippen LogP contribution in [0.2, 0.25) is 0 Å². The molecule has 0 unspecified atom stereocenters. The molecule has 0 radical (unpaired) electrons. The van der Waals surface area contributed by atoms with Crippen molar-refractivity contribution < 1.29 is 17.7 Å². The molecule has 9 nitrogen and oxygen atoms in total. The Kier molecular flexibility index (Phi) is 5.13. The second-order valence-corrected chi connectivity index (χ2v) is 9.27. The predicted molar refractivity (Wildman–Crippen MR) is 92.1 cm³/mol. The summed E-state index contributed by atoms with van der Waals surface area (Å²) in [4.78, 5) is 11.9. The number of nitrogens with zero attached hydrogens (tertiary/aromatic N) is 4. The molecular formula is C14H19N5O4S2. The summed E-state index contributed by atoms with van der Waals surface area (Å²) in [5.41, 5.74) is 0.690. The Balaban J connectivity index is 1.53. The summed E-state index contributed by atoms with van der Waals surface area (Å²) in [5, 5.41) is 15.1. The van der Waals surface area contributed by atoms with E-state index in [4.69, 9.17) is 4.52 Å². The molecule has 1 saturated heterocycles. The van der Waals surface area contributed by atoms with Crippen molar-refractivity contribution >= 4 is 33.4 Å². The number of hydrogen-bond donors (Lipinski definition) is 1. The molecule has 1 amide bonds. The quantitative estimate of drug-likeness (QED) is 0.726. The summed E-state index contributed by atoms with van der Waals surface area (Å²) in [6.07, 6.45) is 1.24. The van der Waals surface area contributed by atoms with Crippen LogP contribution in [0.5, 0.6) is 0 Å². The van der Waals surface area contributed by atoms with Gasteiger partial charge in [0, 0.05) is 19.5 Å². The first-order valence-electron chi connectivity index (χ1n) is 7.77. The Morgan fingerprint density at radius 1 is 1.48 bits per heavy atom. The van der Waals surface area contributed by atoms with Crippen molar-refractivity contribution in [1.82, 2.24) is 19.9 Å². The van der Waals surface area contributed by atoms with E-state index in [1.165, 1.54) is 11.8 Å². The van der Waals surface area contributed by atoms with E-state index in [1.807, 2.05) is 11.6 Å². The molecule has 3 heterocycles. The van der Waals surface area contributed by atoms with Gasteiger partial charge in [0.25, 0.3) is 0 Å². The zero-order valence-electron chi connectivity index (χ0n) is 13.9. The number of thioether (sulfide) groups is 1. The third-order valence-electron chi connectivity index (χ3n) is 3.95. The van der Waals surface area contributed by atoms with Gasteiger partial charge in [-0.25, -0.2) is 8.42 Å². The van der Waals surface area contributed by atoms with Gasteiger partial charge in [-0.2, -0.15) is 0 Å². The molecule has 3 rings (SSSR count). The Labute approximate surface area is 149 Å². The number of nitrogens with one attached hydrogen (secondary N) is 1. The SMILES string of the molecule is Cc1cc(NC(=O)CSc2nnc(C[C@@H]3CCS(=O)(=O)C3)n2C)on1. The fourth-order valence-electron chi connectivity index (χ4n) is 2.67. The highest BCUT2D eigenvalue weighted by molar-refractivity contribution is 7.99. The summed E-state index contributed by atoms with van der Waals surface area (Å²) in [7, 11) is -1.08. The number of aryl methyl sites for hydroxylation is 1. The molecule has 1 atom stereocenters. The molecule has 1 aliphatic rings. The molecule has 1 fully saturated rings. The second kappa shape index (κ2) is 7.16. The van der Waals surface area contributed by atoms with Gasteiger partial charge in [0.15, 0.2) is 15.0 Å². The van der Waals surface area contributed by atoms with Crippen molar-refractivity contribution in [1.29, 1.82) is 0 Å². The maximum atomic E-state index is 11.9. The summed E-state index contributed by atoms with van der Waals surface area (Å²) >= 11 is 1.26. The van der Waals surface area contributed by atoms with Gasteiger partial charge < -0.3 is 9.09 Å². The Hall–Kier alpha value is -1.88. The monoisotopic (exact) mass is 385 g/mol. The Bertz CT molecular complexity index is 874. The number of aromatic nitrogens is 4. The molecule has 25 heavy (non-hydrogen) atoms. The van der Waals surface area contributed by atoms with E-state index in [2.05, 4.69) is 20.7 Å². The van der Waals surface area contributed by atoms with Crippen LogP contribution in [0.3, 0.4) is 0 Å². The normalized spacial score (nSPS) is 19.2. The number of rotatable bonds is 6. The van der Waals surface area contributed by atoms with Gasteiger partial charge in [0.1, 0.15) is 5.82 Å². The first-order chi connectivity index (χ1) is 11.8. The molecule has 0 aliphatic carbocycles. The standard InChI is InChI=1S/C14H19N5O4S2/c1-9-5-13(23-18-9)15-12(20)7-24-14-17-16-11(19(14)2)6-10-3-4-25(21,22)8-10/h5,10H,3-4,6-8H2,1-2H3,(H,15,20)/t10-/m0/s1. The summed E-state index contributed by atoms with van der Waals surface area (Å²) in [6, 6.07) is 1.64. The zero-order valence-corrected chi connectivity index (χ0v) is 15.6. The molecule has 0 aromatic carbocycles. The van der Waals surface area contributed by atoms with E-state index >= 15 is 0 Å². The van der Waals surface area contributed by atoms with E-state index in [1.54, 1.807) is 13.0 Å². The molecule has 2 aromatic heterocycles. The lowest BCUT2D eigenvalue weighted by Gasteiger charge is -2.07. The highest BCUT2D eigenvalue weighted by Gasteiger charge is 2.29. The number of sulfone groups is 1. The third kappa shape index (κ3) is 4.60. The van der Waals surface area contributed by atoms with Gasteiger partial charge in [-0.1, -0.05) is 16.9 Å². The molecule has 1 N–H and O–H groups in total. The lowest BCUT2D eigenvalue weighted by atomic mass is 10.1. The number of carbonyl (C=O) groups is 1. The molecule has 0 bridgehead atoms. The highest BCUT2D eigenvalue weighted by Crippen LogP contribution is 2.23. The minimum absolute atomic E-state index is 0.0868. The van der Waals surface area contributed by atoms with Crippen LogP contribution in [0.15, 0.2) is 15.7 Å². The van der Waals surface area contributed by atoms with Crippen LogP contribution in [-0.2, 0) is 28.1 Å². The van der Waals surface area contributed by atoms with E-state index in [0.29, 0.717) is 29.6 Å². The topological polar surface area (TPSA) is 120 Å². The molecule has 2 aromatic rings. The van der Waals surface area contributed by atoms with Gasteiger partial charge in [-0.15, -0.1) is 10.2 Å². The van der Waals surface area contributed by atoms with E-state index in [-0.39, 0.29) is 29.1 Å². The van der Waals surface area contributed by atoms with Crippen LogP contribution in [0.1, 0.15) is 17.9 Å². The summed E-state index contributed by atoms with van der Waals surface area (Å²) in [6.45, 7) is 1.77. The first-order valence-corrected chi connectivity index (χ1v) is 10.6. The van der Waals surface area contributed by atoms with Crippen molar-refractivity contribution in [2.45, 2.75) is 24.9 Å². The van der Waals surface area contributed by atoms with Crippen LogP contribution in [0.25, 0.3) is 0 Å². The maximum absolute atomic E-state index is 11.9. The van der Waals surface area contributed by atoms with E-state index in [9.17, 15) is 13.2 Å². The minimum Gasteiger partial charge on any atom is -0.338 e. The molecule has 11 heteroatoms. The maximum Gasteiger partial charge on any atom is 0.237 e. The van der Waals surface area contributed by atoms with Crippen LogP contribution in [0, 0.1) is 12.8 Å². The van der Waals surface area contributed by atoms with Crippen LogP contribution in [-0.4, -0.2) is 51.5 Å². The smallest absolute Gasteiger partial charge is 0.237 e. The first kappa shape index (κ1) is 17.9. The fraction of sp³-hybridized carbons (Fsp3) is 0.571. The molecule has 0 saturated carbocycles. The van der Waals surface area contributed by atoms with Crippen LogP contribution in [0.4, 0.5) is 5.88 Å². The minimum atomic E-state index is -2.90. The zero-order chi connectivity index (χ0) is 18.0. The lowest BCUT2D eigenvalue weighted by molar-refractivity contribution is -0.113. The molecule has 1 aliphatic heterocycles. The van der Waals surface area contributed by atoms with Gasteiger partial charge in [-0.3, -0.25) is 10.1 Å². The third-order valence-corrected chi connectivity index (χ3v) is 6.80. The van der Waals surface area contributed by atoms with E-state index in [0.717, 1.165) is 5.82 Å². The average Bonchev–Trinajstić information content (AvgIpc) is 3.19. The largest absolute Gasteiger partial charge is 0.338 e. The van der Waals surface area contributed by atoms with Gasteiger partial charge in [-0.05, 0) is 19.3 Å².